The average Bonchev–Trinajstić information content (AvgIpc) is 2.50. The van der Waals surface area contributed by atoms with Gasteiger partial charge >= 0.3 is 0 Å². The Morgan fingerprint density at radius 2 is 2.00 bits per heavy atom. The molecule has 1 aromatic rings. The highest BCUT2D eigenvalue weighted by molar-refractivity contribution is 5.53. The molecule has 6 nitrogen and oxygen atoms in total. The van der Waals surface area contributed by atoms with Crippen molar-refractivity contribution in [3.8, 4) is 5.88 Å². The second kappa shape index (κ2) is 11.2. The molecule has 0 spiro atoms. The highest BCUT2D eigenvalue weighted by Crippen LogP contribution is 2.20. The van der Waals surface area contributed by atoms with Gasteiger partial charge in [-0.25, -0.2) is 0 Å². The van der Waals surface area contributed by atoms with Gasteiger partial charge in [-0.1, -0.05) is 6.92 Å². The molecular formula is C15H27N3O3. The van der Waals surface area contributed by atoms with Gasteiger partial charge in [0.05, 0.1) is 25.5 Å². The van der Waals surface area contributed by atoms with Gasteiger partial charge in [0.1, 0.15) is 5.82 Å². The average molecular weight is 297 g/mol. The standard InChI is InChI=1S/C15H27N3O3/c1-3-9-21-15-13(16)6-7-14(18-15)17-8-4-5-10-20-12-11-19-2/h6-7H,3-5,8-12,16H2,1-2H3,(H,17,18). The summed E-state index contributed by atoms with van der Waals surface area (Å²) in [7, 11) is 1.67. The number of aromatic nitrogens is 1. The van der Waals surface area contributed by atoms with Crippen molar-refractivity contribution in [2.75, 3.05) is 51.1 Å². The summed E-state index contributed by atoms with van der Waals surface area (Å²) in [5, 5.41) is 3.26. The number of rotatable bonds is 12. The molecule has 0 radical (unpaired) electrons. The summed E-state index contributed by atoms with van der Waals surface area (Å²) in [6.07, 6.45) is 2.96. The number of hydrogen-bond donors (Lipinski definition) is 2. The van der Waals surface area contributed by atoms with Crippen LogP contribution in [-0.4, -0.2) is 45.1 Å². The third kappa shape index (κ3) is 7.72. The van der Waals surface area contributed by atoms with E-state index in [1.54, 1.807) is 7.11 Å². The number of nitrogens with one attached hydrogen (secondary N) is 1. The molecule has 0 amide bonds. The zero-order valence-corrected chi connectivity index (χ0v) is 13.1. The number of nitrogen functional groups attached to an aromatic ring is 1. The van der Waals surface area contributed by atoms with Crippen LogP contribution in [-0.2, 0) is 9.47 Å². The fourth-order valence-corrected chi connectivity index (χ4v) is 1.65. The van der Waals surface area contributed by atoms with Gasteiger partial charge in [0.2, 0.25) is 5.88 Å². The Morgan fingerprint density at radius 3 is 2.76 bits per heavy atom. The number of anilines is 2. The van der Waals surface area contributed by atoms with Gasteiger partial charge in [0.15, 0.2) is 0 Å². The molecule has 3 N–H and O–H groups in total. The van der Waals surface area contributed by atoms with Crippen LogP contribution in [0.25, 0.3) is 0 Å². The lowest BCUT2D eigenvalue weighted by atomic mass is 10.3. The second-order valence-corrected chi connectivity index (χ2v) is 4.68. The van der Waals surface area contributed by atoms with Crippen molar-refractivity contribution in [2.24, 2.45) is 0 Å². The Morgan fingerprint density at radius 1 is 1.14 bits per heavy atom. The van der Waals surface area contributed by atoms with E-state index in [0.717, 1.165) is 38.2 Å². The van der Waals surface area contributed by atoms with E-state index >= 15 is 0 Å². The largest absolute Gasteiger partial charge is 0.476 e. The van der Waals surface area contributed by atoms with E-state index in [1.165, 1.54) is 0 Å². The maximum absolute atomic E-state index is 5.82. The lowest BCUT2D eigenvalue weighted by Crippen LogP contribution is -2.08. The molecule has 0 saturated carbocycles. The zero-order valence-electron chi connectivity index (χ0n) is 13.1. The molecule has 1 rings (SSSR count). The Hall–Kier alpha value is -1.53. The smallest absolute Gasteiger partial charge is 0.239 e. The van der Waals surface area contributed by atoms with Crippen LogP contribution in [0.3, 0.4) is 0 Å². The third-order valence-corrected chi connectivity index (χ3v) is 2.79. The number of hydrogen-bond acceptors (Lipinski definition) is 6. The normalized spacial score (nSPS) is 10.6. The fourth-order valence-electron chi connectivity index (χ4n) is 1.65. The van der Waals surface area contributed by atoms with Gasteiger partial charge in [-0.05, 0) is 31.4 Å². The van der Waals surface area contributed by atoms with E-state index in [9.17, 15) is 0 Å². The van der Waals surface area contributed by atoms with Crippen molar-refractivity contribution in [3.05, 3.63) is 12.1 Å². The van der Waals surface area contributed by atoms with E-state index in [2.05, 4.69) is 10.3 Å². The summed E-state index contributed by atoms with van der Waals surface area (Å²) in [5.41, 5.74) is 6.39. The van der Waals surface area contributed by atoms with Gasteiger partial charge in [-0.15, -0.1) is 0 Å². The molecule has 0 unspecified atom stereocenters. The first-order chi connectivity index (χ1) is 10.3. The third-order valence-electron chi connectivity index (χ3n) is 2.79. The molecule has 1 aromatic heterocycles. The Balaban J connectivity index is 2.19. The molecule has 0 aromatic carbocycles. The fraction of sp³-hybridized carbons (Fsp3) is 0.667. The topological polar surface area (TPSA) is 78.6 Å². The highest BCUT2D eigenvalue weighted by atomic mass is 16.5. The first-order valence-electron chi connectivity index (χ1n) is 7.47. The summed E-state index contributed by atoms with van der Waals surface area (Å²) < 4.78 is 15.8. The molecule has 0 aliphatic heterocycles. The minimum atomic E-state index is 0.504. The van der Waals surface area contributed by atoms with Crippen molar-refractivity contribution in [1.82, 2.24) is 4.98 Å². The summed E-state index contributed by atoms with van der Waals surface area (Å²) in [6.45, 7) is 5.57. The molecular weight excluding hydrogens is 270 g/mol. The molecule has 0 atom stereocenters. The van der Waals surface area contributed by atoms with E-state index in [4.69, 9.17) is 19.9 Å². The van der Waals surface area contributed by atoms with E-state index < -0.39 is 0 Å². The Kier molecular flexibility index (Phi) is 9.32. The molecule has 0 bridgehead atoms. The van der Waals surface area contributed by atoms with Crippen LogP contribution >= 0.6 is 0 Å². The first-order valence-corrected chi connectivity index (χ1v) is 7.47. The molecule has 0 aliphatic carbocycles. The number of nitrogens with zero attached hydrogens (tertiary/aromatic N) is 1. The van der Waals surface area contributed by atoms with Crippen LogP contribution in [0.2, 0.25) is 0 Å². The molecule has 120 valence electrons. The summed E-state index contributed by atoms with van der Waals surface area (Å²) in [6, 6.07) is 3.68. The van der Waals surface area contributed by atoms with Crippen molar-refractivity contribution in [3.63, 3.8) is 0 Å². The number of unbranched alkanes of at least 4 members (excludes halogenated alkanes) is 1. The molecule has 0 aliphatic rings. The van der Waals surface area contributed by atoms with Crippen LogP contribution in [0.5, 0.6) is 5.88 Å². The molecule has 0 saturated heterocycles. The van der Waals surface area contributed by atoms with Crippen LogP contribution in [0.15, 0.2) is 12.1 Å². The van der Waals surface area contributed by atoms with Crippen molar-refractivity contribution in [2.45, 2.75) is 26.2 Å². The predicted octanol–water partition coefficient (Wildman–Crippen LogP) is 2.31. The molecule has 21 heavy (non-hydrogen) atoms. The maximum atomic E-state index is 5.82. The predicted molar refractivity (Wildman–Crippen MR) is 84.9 cm³/mol. The minimum absolute atomic E-state index is 0.504. The van der Waals surface area contributed by atoms with Gasteiger partial charge < -0.3 is 25.3 Å². The van der Waals surface area contributed by atoms with E-state index in [0.29, 0.717) is 31.4 Å². The number of pyridine rings is 1. The van der Waals surface area contributed by atoms with Crippen LogP contribution < -0.4 is 15.8 Å². The van der Waals surface area contributed by atoms with Crippen molar-refractivity contribution in [1.29, 1.82) is 0 Å². The molecule has 0 fully saturated rings. The summed E-state index contributed by atoms with van der Waals surface area (Å²) >= 11 is 0. The maximum Gasteiger partial charge on any atom is 0.239 e. The Labute approximate surface area is 127 Å². The van der Waals surface area contributed by atoms with Gasteiger partial charge in [0.25, 0.3) is 0 Å². The first kappa shape index (κ1) is 17.5. The van der Waals surface area contributed by atoms with Crippen molar-refractivity contribution >= 4 is 11.5 Å². The minimum Gasteiger partial charge on any atom is -0.476 e. The summed E-state index contributed by atoms with van der Waals surface area (Å²) in [4.78, 5) is 4.36. The summed E-state index contributed by atoms with van der Waals surface area (Å²) in [5.74, 6) is 1.29. The van der Waals surface area contributed by atoms with Crippen molar-refractivity contribution < 1.29 is 14.2 Å². The quantitative estimate of drug-likeness (QED) is 0.576. The van der Waals surface area contributed by atoms with Crippen LogP contribution in [0, 0.1) is 0 Å². The van der Waals surface area contributed by atoms with Crippen LogP contribution in [0.4, 0.5) is 11.5 Å². The van der Waals surface area contributed by atoms with E-state index in [1.807, 2.05) is 19.1 Å². The zero-order chi connectivity index (χ0) is 15.3. The van der Waals surface area contributed by atoms with Gasteiger partial charge in [0, 0.05) is 20.3 Å². The lowest BCUT2D eigenvalue weighted by Gasteiger charge is -2.10. The number of ether oxygens (including phenoxy) is 3. The van der Waals surface area contributed by atoms with Gasteiger partial charge in [-0.2, -0.15) is 4.98 Å². The SMILES string of the molecule is CCCOc1nc(NCCCCOCCOC)ccc1N. The lowest BCUT2D eigenvalue weighted by molar-refractivity contribution is 0.0691. The highest BCUT2D eigenvalue weighted by Gasteiger charge is 2.03. The van der Waals surface area contributed by atoms with Gasteiger partial charge in [-0.3, -0.25) is 0 Å². The number of methoxy groups -OCH3 is 1. The second-order valence-electron chi connectivity index (χ2n) is 4.68. The Bertz CT molecular complexity index is 388. The van der Waals surface area contributed by atoms with E-state index in [-0.39, 0.29) is 0 Å². The van der Waals surface area contributed by atoms with Crippen LogP contribution in [0.1, 0.15) is 26.2 Å². The molecule has 6 heteroatoms. The molecule has 1 heterocycles. The number of nitrogens with two attached hydrogens (primary N) is 1. The monoisotopic (exact) mass is 297 g/mol.